The molecule has 6 nitrogen and oxygen atoms in total. The molecule has 0 bridgehead atoms. The largest absolute Gasteiger partial charge is 0.492 e. The van der Waals surface area contributed by atoms with Crippen LogP contribution in [0.15, 0.2) is 41.3 Å². The van der Waals surface area contributed by atoms with Crippen molar-refractivity contribution in [3.05, 3.63) is 47.5 Å². The lowest BCUT2D eigenvalue weighted by Crippen LogP contribution is -2.24. The van der Waals surface area contributed by atoms with E-state index in [4.69, 9.17) is 17.0 Å². The van der Waals surface area contributed by atoms with E-state index in [-0.39, 0.29) is 4.90 Å². The van der Waals surface area contributed by atoms with Gasteiger partial charge in [0.1, 0.15) is 10.6 Å². The minimum atomic E-state index is -3.65. The maximum absolute atomic E-state index is 12.6. The molecule has 8 heteroatoms. The topological polar surface area (TPSA) is 70.7 Å². The van der Waals surface area contributed by atoms with Gasteiger partial charge >= 0.3 is 0 Å². The van der Waals surface area contributed by atoms with Gasteiger partial charge in [0.05, 0.1) is 6.61 Å². The van der Waals surface area contributed by atoms with Crippen LogP contribution in [-0.2, 0) is 10.0 Å². The quantitative estimate of drug-likeness (QED) is 0.711. The molecule has 0 aliphatic carbocycles. The first-order chi connectivity index (χ1) is 12.7. The molecule has 2 N–H and O–H groups in total. The van der Waals surface area contributed by atoms with Crippen molar-refractivity contribution in [2.75, 3.05) is 31.3 Å². The van der Waals surface area contributed by atoms with E-state index in [1.807, 2.05) is 32.0 Å². The van der Waals surface area contributed by atoms with Crippen LogP contribution in [0.3, 0.4) is 0 Å². The Morgan fingerprint density at radius 1 is 1.15 bits per heavy atom. The Morgan fingerprint density at radius 3 is 2.48 bits per heavy atom. The third-order valence-electron chi connectivity index (χ3n) is 4.11. The maximum Gasteiger partial charge on any atom is 0.246 e. The van der Waals surface area contributed by atoms with E-state index in [1.54, 1.807) is 19.1 Å². The van der Waals surface area contributed by atoms with E-state index in [0.717, 1.165) is 21.1 Å². The first kappa shape index (κ1) is 21.1. The molecule has 0 radical (unpaired) electrons. The number of aryl methyl sites for hydroxylation is 1. The third kappa shape index (κ3) is 4.97. The van der Waals surface area contributed by atoms with Gasteiger partial charge in [0, 0.05) is 25.5 Å². The van der Waals surface area contributed by atoms with E-state index in [0.29, 0.717) is 23.2 Å². The predicted octanol–water partition coefficient (Wildman–Crippen LogP) is 3.76. The van der Waals surface area contributed by atoms with Gasteiger partial charge in [-0.1, -0.05) is 12.1 Å². The van der Waals surface area contributed by atoms with E-state index in [9.17, 15) is 8.42 Å². The molecule has 0 spiro atoms. The van der Waals surface area contributed by atoms with Crippen LogP contribution in [0.4, 0.5) is 11.4 Å². The smallest absolute Gasteiger partial charge is 0.246 e. The number of benzene rings is 2. The highest BCUT2D eigenvalue weighted by atomic mass is 32.2. The second kappa shape index (κ2) is 8.69. The molecule has 0 aliphatic heterocycles. The fourth-order valence-electron chi connectivity index (χ4n) is 2.43. The van der Waals surface area contributed by atoms with Gasteiger partial charge in [-0.05, 0) is 68.4 Å². The van der Waals surface area contributed by atoms with Crippen LogP contribution in [0, 0.1) is 13.8 Å². The Hall–Kier alpha value is -2.16. The van der Waals surface area contributed by atoms with Crippen molar-refractivity contribution >= 4 is 38.7 Å². The van der Waals surface area contributed by atoms with Crippen molar-refractivity contribution in [3.63, 3.8) is 0 Å². The number of sulfonamides is 1. The summed E-state index contributed by atoms with van der Waals surface area (Å²) in [6.45, 7) is 6.22. The Labute approximate surface area is 166 Å². The average molecular weight is 408 g/mol. The van der Waals surface area contributed by atoms with E-state index >= 15 is 0 Å². The lowest BCUT2D eigenvalue weighted by molar-refractivity contribution is 0.330. The molecule has 2 rings (SSSR count). The van der Waals surface area contributed by atoms with Crippen LogP contribution < -0.4 is 15.4 Å². The molecule has 0 aliphatic rings. The van der Waals surface area contributed by atoms with Crippen molar-refractivity contribution < 1.29 is 13.2 Å². The van der Waals surface area contributed by atoms with Crippen LogP contribution in [-0.4, -0.2) is 38.5 Å². The van der Waals surface area contributed by atoms with Crippen LogP contribution in [0.2, 0.25) is 0 Å². The number of anilines is 2. The lowest BCUT2D eigenvalue weighted by Gasteiger charge is -2.18. The van der Waals surface area contributed by atoms with E-state index in [2.05, 4.69) is 10.6 Å². The number of thiocarbonyl (C=S) groups is 1. The van der Waals surface area contributed by atoms with Crippen molar-refractivity contribution in [1.29, 1.82) is 0 Å². The fourth-order valence-corrected chi connectivity index (χ4v) is 3.71. The van der Waals surface area contributed by atoms with Crippen molar-refractivity contribution in [3.8, 4) is 5.75 Å². The number of nitrogens with one attached hydrogen (secondary N) is 2. The molecule has 0 unspecified atom stereocenters. The van der Waals surface area contributed by atoms with Gasteiger partial charge < -0.3 is 15.4 Å². The molecule has 0 amide bonds. The molecule has 146 valence electrons. The molecule has 0 saturated carbocycles. The minimum absolute atomic E-state index is 0.0916. The van der Waals surface area contributed by atoms with Crippen LogP contribution in [0.25, 0.3) is 0 Å². The monoisotopic (exact) mass is 407 g/mol. The molecular weight excluding hydrogens is 382 g/mol. The fraction of sp³-hybridized carbons (Fsp3) is 0.316. The average Bonchev–Trinajstić information content (AvgIpc) is 2.60. The first-order valence-electron chi connectivity index (χ1n) is 8.50. The summed E-state index contributed by atoms with van der Waals surface area (Å²) in [7, 11) is -0.687. The highest BCUT2D eigenvalue weighted by Gasteiger charge is 2.23. The van der Waals surface area contributed by atoms with Gasteiger partial charge in [0.2, 0.25) is 10.0 Å². The Kier molecular flexibility index (Phi) is 6.80. The highest BCUT2D eigenvalue weighted by molar-refractivity contribution is 7.89. The van der Waals surface area contributed by atoms with Crippen molar-refractivity contribution in [1.82, 2.24) is 4.31 Å². The second-order valence-electron chi connectivity index (χ2n) is 6.21. The zero-order chi connectivity index (χ0) is 20.2. The zero-order valence-corrected chi connectivity index (χ0v) is 17.8. The van der Waals surface area contributed by atoms with Gasteiger partial charge in [-0.15, -0.1) is 0 Å². The molecule has 0 atom stereocenters. The third-order valence-corrected chi connectivity index (χ3v) is 6.15. The summed E-state index contributed by atoms with van der Waals surface area (Å²) >= 11 is 5.38. The molecule has 0 aromatic heterocycles. The summed E-state index contributed by atoms with van der Waals surface area (Å²) in [5, 5.41) is 6.57. The lowest BCUT2D eigenvalue weighted by atomic mass is 10.1. The van der Waals surface area contributed by atoms with Gasteiger partial charge in [0.15, 0.2) is 5.11 Å². The van der Waals surface area contributed by atoms with Crippen LogP contribution in [0.5, 0.6) is 5.75 Å². The van der Waals surface area contributed by atoms with Gasteiger partial charge in [-0.3, -0.25) is 0 Å². The normalized spacial score (nSPS) is 11.3. The molecular formula is C19H25N3O3S2. The standard InChI is InChI=1S/C19H25N3O3S2/c1-6-25-17-11-10-15(12-18(17)27(23,24)22(4)5)20-19(26)21-16-9-7-8-13(2)14(16)3/h7-12H,6H2,1-5H3,(H2,20,21,26). The summed E-state index contributed by atoms with van der Waals surface area (Å²) in [6.07, 6.45) is 0. The summed E-state index contributed by atoms with van der Waals surface area (Å²) in [6, 6.07) is 10.8. The summed E-state index contributed by atoms with van der Waals surface area (Å²) in [4.78, 5) is 0.0916. The molecule has 27 heavy (non-hydrogen) atoms. The SMILES string of the molecule is CCOc1ccc(NC(=S)Nc2cccc(C)c2C)cc1S(=O)(=O)N(C)C. The Balaban J connectivity index is 2.28. The van der Waals surface area contributed by atoms with Gasteiger partial charge in [0.25, 0.3) is 0 Å². The molecule has 2 aromatic rings. The van der Waals surface area contributed by atoms with Crippen LogP contribution in [0.1, 0.15) is 18.1 Å². The van der Waals surface area contributed by atoms with E-state index < -0.39 is 10.0 Å². The van der Waals surface area contributed by atoms with Crippen molar-refractivity contribution in [2.24, 2.45) is 0 Å². The Morgan fingerprint density at radius 2 is 1.85 bits per heavy atom. The zero-order valence-electron chi connectivity index (χ0n) is 16.2. The number of rotatable bonds is 6. The predicted molar refractivity (Wildman–Crippen MR) is 114 cm³/mol. The van der Waals surface area contributed by atoms with Gasteiger partial charge in [-0.25, -0.2) is 12.7 Å². The summed E-state index contributed by atoms with van der Waals surface area (Å²) in [5.74, 6) is 0.310. The summed E-state index contributed by atoms with van der Waals surface area (Å²) in [5.41, 5.74) is 3.72. The number of ether oxygens (including phenoxy) is 1. The minimum Gasteiger partial charge on any atom is -0.492 e. The Bertz CT molecular complexity index is 941. The second-order valence-corrected chi connectivity index (χ2v) is 8.74. The summed E-state index contributed by atoms with van der Waals surface area (Å²) < 4.78 is 31.8. The highest BCUT2D eigenvalue weighted by Crippen LogP contribution is 2.29. The first-order valence-corrected chi connectivity index (χ1v) is 10.3. The molecule has 2 aromatic carbocycles. The molecule has 0 fully saturated rings. The van der Waals surface area contributed by atoms with Crippen molar-refractivity contribution in [2.45, 2.75) is 25.7 Å². The number of hydrogen-bond acceptors (Lipinski definition) is 4. The number of hydrogen-bond donors (Lipinski definition) is 2. The number of nitrogens with zero attached hydrogens (tertiary/aromatic N) is 1. The maximum atomic E-state index is 12.6. The van der Waals surface area contributed by atoms with E-state index in [1.165, 1.54) is 20.2 Å². The van der Waals surface area contributed by atoms with Crippen LogP contribution >= 0.6 is 12.2 Å². The molecule has 0 heterocycles. The van der Waals surface area contributed by atoms with Gasteiger partial charge in [-0.2, -0.15) is 0 Å². The molecule has 0 saturated heterocycles.